The minimum atomic E-state index is -0.0858. The zero-order valence-electron chi connectivity index (χ0n) is 10.7. The van der Waals surface area contributed by atoms with Crippen LogP contribution in [0.2, 0.25) is 5.02 Å². The van der Waals surface area contributed by atoms with Crippen LogP contribution in [0.5, 0.6) is 5.75 Å². The number of hydrogen-bond acceptors (Lipinski definition) is 3. The Hall–Kier alpha value is -2.27. The van der Waals surface area contributed by atoms with Gasteiger partial charge in [-0.05, 0) is 24.3 Å². The first kappa shape index (κ1) is 14.1. The van der Waals surface area contributed by atoms with Gasteiger partial charge < -0.3 is 15.0 Å². The molecule has 0 fully saturated rings. The molecule has 0 radical (unpaired) electrons. The van der Waals surface area contributed by atoms with Crippen molar-refractivity contribution in [3.05, 3.63) is 63.5 Å². The normalized spacial score (nSPS) is 10.2. The molecule has 0 bridgehead atoms. The van der Waals surface area contributed by atoms with Crippen LogP contribution in [-0.2, 0) is 6.54 Å². The summed E-state index contributed by atoms with van der Waals surface area (Å²) >= 11 is 5.99. The van der Waals surface area contributed by atoms with Crippen molar-refractivity contribution in [3.8, 4) is 5.75 Å². The van der Waals surface area contributed by atoms with E-state index >= 15 is 0 Å². The van der Waals surface area contributed by atoms with Gasteiger partial charge in [0, 0.05) is 17.8 Å². The SMILES string of the molecule is N=C(N)c1ccc(OCCn2ccccc2=O)cc1Cl. The molecule has 2 rings (SSSR count). The topological polar surface area (TPSA) is 81.1 Å². The summed E-state index contributed by atoms with van der Waals surface area (Å²) in [6.45, 7) is 0.797. The highest BCUT2D eigenvalue weighted by Gasteiger charge is 2.05. The van der Waals surface area contributed by atoms with E-state index in [4.69, 9.17) is 27.5 Å². The number of nitrogens with two attached hydrogens (primary N) is 1. The van der Waals surface area contributed by atoms with Gasteiger partial charge in [-0.3, -0.25) is 10.2 Å². The first-order chi connectivity index (χ1) is 9.58. The van der Waals surface area contributed by atoms with Gasteiger partial charge in [0.15, 0.2) is 0 Å². The third-order valence-corrected chi connectivity index (χ3v) is 3.04. The lowest BCUT2D eigenvalue weighted by atomic mass is 10.2. The summed E-state index contributed by atoms with van der Waals surface area (Å²) in [5.74, 6) is 0.487. The Morgan fingerprint density at radius 2 is 2.15 bits per heavy atom. The summed E-state index contributed by atoms with van der Waals surface area (Å²) in [5.41, 5.74) is 5.78. The van der Waals surface area contributed by atoms with Gasteiger partial charge in [-0.25, -0.2) is 0 Å². The molecular weight excluding hydrogens is 278 g/mol. The second-order valence-electron chi connectivity index (χ2n) is 4.14. The van der Waals surface area contributed by atoms with E-state index in [1.165, 1.54) is 6.07 Å². The smallest absolute Gasteiger partial charge is 0.250 e. The van der Waals surface area contributed by atoms with Crippen LogP contribution in [0.15, 0.2) is 47.4 Å². The number of benzene rings is 1. The van der Waals surface area contributed by atoms with Gasteiger partial charge in [-0.1, -0.05) is 17.7 Å². The van der Waals surface area contributed by atoms with Crippen molar-refractivity contribution in [2.45, 2.75) is 6.54 Å². The highest BCUT2D eigenvalue weighted by atomic mass is 35.5. The van der Waals surface area contributed by atoms with Crippen LogP contribution in [0.1, 0.15) is 5.56 Å². The standard InChI is InChI=1S/C14H14ClN3O2/c15-12-9-10(4-5-11(12)14(16)17)20-8-7-18-6-2-1-3-13(18)19/h1-6,9H,7-8H2,(H3,16,17). The Morgan fingerprint density at radius 1 is 1.35 bits per heavy atom. The fourth-order valence-electron chi connectivity index (χ4n) is 1.71. The molecule has 0 atom stereocenters. The van der Waals surface area contributed by atoms with Crippen molar-refractivity contribution in [1.29, 1.82) is 5.41 Å². The molecule has 104 valence electrons. The molecule has 0 aliphatic carbocycles. The third-order valence-electron chi connectivity index (χ3n) is 2.73. The summed E-state index contributed by atoms with van der Waals surface area (Å²) in [5, 5.41) is 7.70. The molecule has 0 unspecified atom stereocenters. The predicted molar refractivity (Wildman–Crippen MR) is 78.7 cm³/mol. The number of aromatic nitrogens is 1. The monoisotopic (exact) mass is 291 g/mol. The first-order valence-corrected chi connectivity index (χ1v) is 6.38. The van der Waals surface area contributed by atoms with E-state index in [0.717, 1.165) is 0 Å². The Labute approximate surface area is 121 Å². The number of nitrogen functional groups attached to an aromatic ring is 1. The summed E-state index contributed by atoms with van der Waals surface area (Å²) in [7, 11) is 0. The second-order valence-corrected chi connectivity index (χ2v) is 4.54. The van der Waals surface area contributed by atoms with Crippen molar-refractivity contribution >= 4 is 17.4 Å². The van der Waals surface area contributed by atoms with Crippen LogP contribution in [0.3, 0.4) is 0 Å². The summed E-state index contributed by atoms with van der Waals surface area (Å²) in [6, 6.07) is 9.91. The molecule has 0 spiro atoms. The van der Waals surface area contributed by atoms with Crippen LogP contribution in [-0.4, -0.2) is 17.0 Å². The summed E-state index contributed by atoms with van der Waals surface area (Å²) in [4.78, 5) is 11.5. The minimum absolute atomic E-state index is 0.0685. The van der Waals surface area contributed by atoms with E-state index in [1.807, 2.05) is 0 Å². The molecule has 1 aromatic heterocycles. The van der Waals surface area contributed by atoms with E-state index < -0.39 is 0 Å². The fourth-order valence-corrected chi connectivity index (χ4v) is 1.98. The summed E-state index contributed by atoms with van der Waals surface area (Å²) in [6.07, 6.45) is 1.71. The lowest BCUT2D eigenvalue weighted by molar-refractivity contribution is 0.296. The maximum atomic E-state index is 11.5. The summed E-state index contributed by atoms with van der Waals surface area (Å²) < 4.78 is 7.09. The largest absolute Gasteiger partial charge is 0.492 e. The number of halogens is 1. The molecule has 20 heavy (non-hydrogen) atoms. The molecule has 1 aromatic carbocycles. The zero-order valence-corrected chi connectivity index (χ0v) is 11.4. The lowest BCUT2D eigenvalue weighted by Crippen LogP contribution is -2.21. The quantitative estimate of drug-likeness (QED) is 0.652. The first-order valence-electron chi connectivity index (χ1n) is 6.00. The fraction of sp³-hybridized carbons (Fsp3) is 0.143. The Kier molecular flexibility index (Phi) is 4.42. The average molecular weight is 292 g/mol. The maximum Gasteiger partial charge on any atom is 0.250 e. The van der Waals surface area contributed by atoms with Gasteiger partial charge in [0.25, 0.3) is 5.56 Å². The minimum Gasteiger partial charge on any atom is -0.492 e. The van der Waals surface area contributed by atoms with Crippen molar-refractivity contribution in [1.82, 2.24) is 4.57 Å². The van der Waals surface area contributed by atoms with Gasteiger partial charge in [0.2, 0.25) is 0 Å². The zero-order chi connectivity index (χ0) is 14.5. The molecular formula is C14H14ClN3O2. The molecule has 1 heterocycles. The van der Waals surface area contributed by atoms with Crippen LogP contribution in [0.25, 0.3) is 0 Å². The number of rotatable bonds is 5. The number of hydrogen-bond donors (Lipinski definition) is 2. The Balaban J connectivity index is 1.98. The van der Waals surface area contributed by atoms with Crippen molar-refractivity contribution < 1.29 is 4.74 Å². The maximum absolute atomic E-state index is 11.5. The predicted octanol–water partition coefficient (Wildman–Crippen LogP) is 1.86. The van der Waals surface area contributed by atoms with Crippen LogP contribution < -0.4 is 16.0 Å². The molecule has 0 aliphatic rings. The van der Waals surface area contributed by atoms with Crippen molar-refractivity contribution in [3.63, 3.8) is 0 Å². The molecule has 3 N–H and O–H groups in total. The number of pyridine rings is 1. The molecule has 0 saturated heterocycles. The molecule has 0 aliphatic heterocycles. The average Bonchev–Trinajstić information content (AvgIpc) is 2.40. The van der Waals surface area contributed by atoms with Crippen LogP contribution >= 0.6 is 11.6 Å². The van der Waals surface area contributed by atoms with E-state index in [9.17, 15) is 4.79 Å². The molecule has 2 aromatic rings. The van der Waals surface area contributed by atoms with Gasteiger partial charge >= 0.3 is 0 Å². The highest BCUT2D eigenvalue weighted by Crippen LogP contribution is 2.22. The Morgan fingerprint density at radius 3 is 2.80 bits per heavy atom. The van der Waals surface area contributed by atoms with E-state index in [1.54, 1.807) is 41.1 Å². The second kappa shape index (κ2) is 6.25. The molecule has 0 amide bonds. The van der Waals surface area contributed by atoms with Gasteiger partial charge in [0.1, 0.15) is 18.2 Å². The number of nitrogens with one attached hydrogen (secondary N) is 1. The third kappa shape index (κ3) is 3.39. The number of amidine groups is 1. The molecule has 0 saturated carbocycles. The molecule has 6 heteroatoms. The van der Waals surface area contributed by atoms with E-state index in [-0.39, 0.29) is 11.4 Å². The van der Waals surface area contributed by atoms with Crippen molar-refractivity contribution in [2.75, 3.05) is 6.61 Å². The van der Waals surface area contributed by atoms with Gasteiger partial charge in [-0.2, -0.15) is 0 Å². The van der Waals surface area contributed by atoms with Crippen LogP contribution in [0.4, 0.5) is 0 Å². The highest BCUT2D eigenvalue weighted by molar-refractivity contribution is 6.34. The lowest BCUT2D eigenvalue weighted by Gasteiger charge is -2.09. The number of nitrogens with zero attached hydrogens (tertiary/aromatic N) is 1. The molecule has 5 nitrogen and oxygen atoms in total. The van der Waals surface area contributed by atoms with Gasteiger partial charge in [-0.15, -0.1) is 0 Å². The number of ether oxygens (including phenoxy) is 1. The van der Waals surface area contributed by atoms with Gasteiger partial charge in [0.05, 0.1) is 11.6 Å². The Bertz CT molecular complexity index is 682. The van der Waals surface area contributed by atoms with Crippen LogP contribution in [0, 0.1) is 5.41 Å². The van der Waals surface area contributed by atoms with E-state index in [2.05, 4.69) is 0 Å². The van der Waals surface area contributed by atoms with Crippen molar-refractivity contribution in [2.24, 2.45) is 5.73 Å². The van der Waals surface area contributed by atoms with E-state index in [0.29, 0.717) is 29.5 Å².